The lowest BCUT2D eigenvalue weighted by atomic mass is 9.92. The molecule has 4 aliphatic rings. The van der Waals surface area contributed by atoms with E-state index < -0.39 is 17.5 Å². The zero-order valence-electron chi connectivity index (χ0n) is 43.3. The quantitative estimate of drug-likeness (QED) is 0.0531. The number of aryl methyl sites for hydroxylation is 1. The lowest BCUT2D eigenvalue weighted by Crippen LogP contribution is -2.48. The summed E-state index contributed by atoms with van der Waals surface area (Å²) in [6, 6.07) is 29.3. The number of pyridine rings is 1. The van der Waals surface area contributed by atoms with Gasteiger partial charge in [0.2, 0.25) is 17.7 Å². The van der Waals surface area contributed by atoms with Crippen molar-refractivity contribution in [3.05, 3.63) is 125 Å². The zero-order chi connectivity index (χ0) is 52.8. The number of piperidine rings is 2. The zero-order valence-corrected chi connectivity index (χ0v) is 44.1. The summed E-state index contributed by atoms with van der Waals surface area (Å²) < 4.78 is 21.5. The van der Waals surface area contributed by atoms with Gasteiger partial charge in [-0.05, 0) is 131 Å². The molecule has 3 fully saturated rings. The van der Waals surface area contributed by atoms with Crippen LogP contribution in [-0.2, 0) is 43.9 Å². The van der Waals surface area contributed by atoms with Crippen LogP contribution in [-0.4, -0.2) is 104 Å². The maximum Gasteiger partial charge on any atom is 0.358 e. The molecule has 4 aromatic carbocycles. The number of esters is 1. The van der Waals surface area contributed by atoms with E-state index in [1.54, 1.807) is 11.7 Å². The number of hydrogen-bond donors (Lipinski definition) is 3. The summed E-state index contributed by atoms with van der Waals surface area (Å²) >= 11 is 1.44. The van der Waals surface area contributed by atoms with Crippen LogP contribution in [0.4, 0.5) is 16.6 Å². The standard InChI is InChI=1S/C58H61N9O8S/c1-33-38(39-21-23-48(61-52(39)56(72)75-58(2,3)4)66-26-25-34-11-8-13-40(43(34)31-66)54(70)63-57-60-44-15-6-7-18-47(44)76-57)12-10-17-46(33)74-28-27-73-37-29-35-19-20-36(30-37)67(35)32-50(69)59-45-16-9-14-41-51(64-65(5)53(41)45)42-22-24-49(68)62-55(42)71/h6-18,21,23,35-37,42H,19-20,22,24-32H2,1-5H3,(H,59,69)(H,60,63,70)(H,62,68,71)/t35-,36+,37-,42?. The molecule has 7 aromatic rings. The third-order valence-corrected chi connectivity index (χ3v) is 16.0. The maximum absolute atomic E-state index is 14.1. The molecule has 3 saturated heterocycles. The van der Waals surface area contributed by atoms with Gasteiger partial charge >= 0.3 is 5.97 Å². The first-order valence-corrected chi connectivity index (χ1v) is 26.9. The number of ether oxygens (including phenoxy) is 3. The number of para-hydroxylation sites is 2. The summed E-state index contributed by atoms with van der Waals surface area (Å²) in [5, 5.41) is 14.6. The summed E-state index contributed by atoms with van der Waals surface area (Å²) in [5.74, 6) is -0.777. The molecule has 3 aromatic heterocycles. The second kappa shape index (κ2) is 20.9. The third-order valence-electron chi connectivity index (χ3n) is 15.0. The Kier molecular flexibility index (Phi) is 13.9. The first-order chi connectivity index (χ1) is 36.6. The molecule has 17 nitrogen and oxygen atoms in total. The third kappa shape index (κ3) is 10.4. The summed E-state index contributed by atoms with van der Waals surface area (Å²) in [5.41, 5.74) is 7.03. The molecule has 76 heavy (non-hydrogen) atoms. The average Bonchev–Trinajstić information content (AvgIpc) is 4.06. The Morgan fingerprint density at radius 2 is 1.63 bits per heavy atom. The second-order valence-corrected chi connectivity index (χ2v) is 22.2. The van der Waals surface area contributed by atoms with Gasteiger partial charge in [0.25, 0.3) is 5.91 Å². The Bertz CT molecular complexity index is 3390. The van der Waals surface area contributed by atoms with E-state index in [1.165, 1.54) is 11.3 Å². The molecule has 4 aliphatic heterocycles. The number of nitrogens with zero attached hydrogens (tertiary/aromatic N) is 6. The van der Waals surface area contributed by atoms with Crippen LogP contribution in [0.1, 0.15) is 108 Å². The van der Waals surface area contributed by atoms with E-state index >= 15 is 0 Å². The minimum absolute atomic E-state index is 0.0318. The normalized spacial score (nSPS) is 19.6. The number of thiazole rings is 1. The summed E-state index contributed by atoms with van der Waals surface area (Å²) in [7, 11) is 1.80. The van der Waals surface area contributed by atoms with Crippen molar-refractivity contribution < 1.29 is 38.2 Å². The number of carbonyl (C=O) groups is 5. The molecule has 0 spiro atoms. The molecule has 0 saturated carbocycles. The highest BCUT2D eigenvalue weighted by Gasteiger charge is 2.42. The van der Waals surface area contributed by atoms with E-state index in [9.17, 15) is 24.0 Å². The van der Waals surface area contributed by atoms with Gasteiger partial charge in [-0.3, -0.25) is 39.4 Å². The van der Waals surface area contributed by atoms with Crippen molar-refractivity contribution >= 4 is 78.7 Å². The van der Waals surface area contributed by atoms with Crippen LogP contribution in [0.15, 0.2) is 91.0 Å². The van der Waals surface area contributed by atoms with Gasteiger partial charge in [-0.25, -0.2) is 14.8 Å². The Morgan fingerprint density at radius 3 is 2.42 bits per heavy atom. The molecule has 0 aliphatic carbocycles. The van der Waals surface area contributed by atoms with E-state index in [4.69, 9.17) is 19.2 Å². The van der Waals surface area contributed by atoms with Crippen molar-refractivity contribution in [3.8, 4) is 16.9 Å². The van der Waals surface area contributed by atoms with Gasteiger partial charge in [0.15, 0.2) is 10.8 Å². The fourth-order valence-electron chi connectivity index (χ4n) is 11.5. The number of carbonyl (C=O) groups excluding carboxylic acids is 5. The van der Waals surface area contributed by atoms with Crippen LogP contribution in [0.3, 0.4) is 0 Å². The van der Waals surface area contributed by atoms with Crippen molar-refractivity contribution in [3.63, 3.8) is 0 Å². The van der Waals surface area contributed by atoms with Gasteiger partial charge in [0.05, 0.1) is 52.3 Å². The summed E-state index contributed by atoms with van der Waals surface area (Å²) in [6.45, 7) is 9.50. The number of fused-ring (bicyclic) bond motifs is 5. The molecular formula is C58H61N9O8S. The van der Waals surface area contributed by atoms with Gasteiger partial charge in [-0.2, -0.15) is 5.10 Å². The van der Waals surface area contributed by atoms with Crippen LogP contribution < -0.4 is 25.6 Å². The molecule has 2 bridgehead atoms. The molecule has 7 heterocycles. The van der Waals surface area contributed by atoms with Gasteiger partial charge in [0, 0.05) is 55.2 Å². The maximum atomic E-state index is 14.1. The molecular weight excluding hydrogens is 983 g/mol. The number of hydrogen-bond acceptors (Lipinski definition) is 14. The van der Waals surface area contributed by atoms with E-state index in [2.05, 4.69) is 41.9 Å². The van der Waals surface area contributed by atoms with Gasteiger partial charge in [-0.1, -0.05) is 59.9 Å². The lowest BCUT2D eigenvalue weighted by Gasteiger charge is -2.38. The van der Waals surface area contributed by atoms with Gasteiger partial charge in [0.1, 0.15) is 23.8 Å². The van der Waals surface area contributed by atoms with Gasteiger partial charge in [-0.15, -0.1) is 0 Å². The SMILES string of the molecule is Cc1c(OCCO[C@@H]2C[C@H]3CC[C@@H](C2)N3CC(=O)Nc2cccc3c(C4CCC(=O)NC4=O)nn(C)c23)cccc1-c1ccc(N2CCc3cccc(C(=O)Nc4nc5ccccc5s4)c3C2)nc1C(=O)OC(C)(C)C. The average molecular weight is 1040 g/mol. The minimum atomic E-state index is -0.767. The Balaban J connectivity index is 0.721. The van der Waals surface area contributed by atoms with Crippen molar-refractivity contribution in [2.75, 3.05) is 41.8 Å². The first-order valence-electron chi connectivity index (χ1n) is 26.1. The topological polar surface area (TPSA) is 199 Å². The van der Waals surface area contributed by atoms with Crippen LogP contribution in [0.2, 0.25) is 0 Å². The predicted molar refractivity (Wildman–Crippen MR) is 291 cm³/mol. The number of benzene rings is 4. The molecule has 1 unspecified atom stereocenters. The Hall–Kier alpha value is -7.54. The molecule has 4 amide bonds. The molecule has 4 atom stereocenters. The Labute approximate surface area is 444 Å². The molecule has 18 heteroatoms. The largest absolute Gasteiger partial charge is 0.491 e. The van der Waals surface area contributed by atoms with E-state index in [0.717, 1.165) is 69.1 Å². The summed E-state index contributed by atoms with van der Waals surface area (Å²) in [6.07, 6.45) is 4.98. The molecule has 11 rings (SSSR count). The van der Waals surface area contributed by atoms with Crippen LogP contribution in [0, 0.1) is 6.92 Å². The molecule has 392 valence electrons. The van der Waals surface area contributed by atoms with Crippen LogP contribution in [0.5, 0.6) is 5.75 Å². The number of imide groups is 1. The number of anilines is 3. The number of nitrogens with one attached hydrogen (secondary N) is 3. The number of amides is 4. The second-order valence-electron chi connectivity index (χ2n) is 21.2. The fraction of sp³-hybridized carbons (Fsp3) is 0.379. The summed E-state index contributed by atoms with van der Waals surface area (Å²) in [4.78, 5) is 80.1. The smallest absolute Gasteiger partial charge is 0.358 e. The molecule has 3 N–H and O–H groups in total. The fourth-order valence-corrected chi connectivity index (χ4v) is 12.3. The highest BCUT2D eigenvalue weighted by Crippen LogP contribution is 2.39. The minimum Gasteiger partial charge on any atom is -0.491 e. The lowest BCUT2D eigenvalue weighted by molar-refractivity contribution is -0.134. The van der Waals surface area contributed by atoms with E-state index in [1.807, 2.05) is 113 Å². The predicted octanol–water partition coefficient (Wildman–Crippen LogP) is 8.87. The number of aromatic nitrogens is 4. The van der Waals surface area contributed by atoms with Crippen LogP contribution >= 0.6 is 11.3 Å². The van der Waals surface area contributed by atoms with Crippen molar-refractivity contribution in [2.24, 2.45) is 7.05 Å². The molecule has 0 radical (unpaired) electrons. The monoisotopic (exact) mass is 1040 g/mol. The van der Waals surface area contributed by atoms with E-state index in [0.29, 0.717) is 78.4 Å². The highest BCUT2D eigenvalue weighted by atomic mass is 32.1. The van der Waals surface area contributed by atoms with Crippen LogP contribution in [0.25, 0.3) is 32.2 Å². The van der Waals surface area contributed by atoms with Crippen molar-refractivity contribution in [1.82, 2.24) is 30.0 Å². The Morgan fingerprint density at radius 1 is 0.842 bits per heavy atom. The van der Waals surface area contributed by atoms with Crippen molar-refractivity contribution in [1.29, 1.82) is 0 Å². The van der Waals surface area contributed by atoms with E-state index in [-0.39, 0.29) is 60.5 Å². The van der Waals surface area contributed by atoms with Gasteiger partial charge < -0.3 is 24.4 Å². The van der Waals surface area contributed by atoms with Crippen molar-refractivity contribution in [2.45, 2.75) is 109 Å². The first kappa shape index (κ1) is 50.6. The number of rotatable bonds is 14. The highest BCUT2D eigenvalue weighted by molar-refractivity contribution is 7.22.